The highest BCUT2D eigenvalue weighted by Gasteiger charge is 2.11. The van der Waals surface area contributed by atoms with Crippen LogP contribution in [0.15, 0.2) is 42.9 Å². The summed E-state index contributed by atoms with van der Waals surface area (Å²) in [4.78, 5) is 20.0. The van der Waals surface area contributed by atoms with Crippen molar-refractivity contribution in [3.05, 3.63) is 54.0 Å². The van der Waals surface area contributed by atoms with Gasteiger partial charge in [0.1, 0.15) is 11.8 Å². The molecule has 0 spiro atoms. The van der Waals surface area contributed by atoms with Crippen molar-refractivity contribution in [3.63, 3.8) is 0 Å². The fraction of sp³-hybridized carbons (Fsp3) is 0.0667. The van der Waals surface area contributed by atoms with E-state index in [-0.39, 0.29) is 0 Å². The molecule has 0 saturated heterocycles. The van der Waals surface area contributed by atoms with Gasteiger partial charge in [-0.1, -0.05) is 0 Å². The zero-order valence-corrected chi connectivity index (χ0v) is 11.1. The highest BCUT2D eigenvalue weighted by Crippen LogP contribution is 2.18. The number of carbonyl (C=O) groups is 1. The monoisotopic (exact) mass is 278 g/mol. The van der Waals surface area contributed by atoms with E-state index in [2.05, 4.69) is 20.8 Å². The van der Waals surface area contributed by atoms with E-state index in [1.54, 1.807) is 29.1 Å². The highest BCUT2D eigenvalue weighted by atomic mass is 16.5. The van der Waals surface area contributed by atoms with Crippen molar-refractivity contribution in [1.29, 1.82) is 5.26 Å². The molecule has 0 N–H and O–H groups in total. The Morgan fingerprint density at radius 1 is 1.29 bits per heavy atom. The predicted molar refractivity (Wildman–Crippen MR) is 74.9 cm³/mol. The van der Waals surface area contributed by atoms with E-state index in [9.17, 15) is 4.79 Å². The summed E-state index contributed by atoms with van der Waals surface area (Å²) in [6.45, 7) is 0. The van der Waals surface area contributed by atoms with Crippen LogP contribution in [-0.4, -0.2) is 27.6 Å². The van der Waals surface area contributed by atoms with Crippen LogP contribution in [0.5, 0.6) is 0 Å². The zero-order chi connectivity index (χ0) is 14.8. The van der Waals surface area contributed by atoms with Gasteiger partial charge < -0.3 is 4.74 Å². The van der Waals surface area contributed by atoms with E-state index in [0.29, 0.717) is 22.3 Å². The van der Waals surface area contributed by atoms with Gasteiger partial charge in [0.15, 0.2) is 5.65 Å². The van der Waals surface area contributed by atoms with Crippen molar-refractivity contribution in [2.75, 3.05) is 7.11 Å². The molecule has 0 bridgehead atoms. The lowest BCUT2D eigenvalue weighted by molar-refractivity contribution is 0.0600. The third-order valence-corrected chi connectivity index (χ3v) is 3.08. The molecule has 0 unspecified atom stereocenters. The second kappa shape index (κ2) is 5.06. The van der Waals surface area contributed by atoms with Gasteiger partial charge in [0.05, 0.1) is 24.3 Å². The van der Waals surface area contributed by atoms with Gasteiger partial charge in [-0.3, -0.25) is 4.57 Å². The van der Waals surface area contributed by atoms with Gasteiger partial charge >= 0.3 is 5.97 Å². The molecule has 0 aliphatic heterocycles. The minimum absolute atomic E-state index is 0.357. The van der Waals surface area contributed by atoms with Crippen LogP contribution in [0.25, 0.3) is 16.9 Å². The number of nitriles is 1. The first kappa shape index (κ1) is 12.8. The van der Waals surface area contributed by atoms with Gasteiger partial charge in [-0.05, 0) is 30.3 Å². The van der Waals surface area contributed by atoms with Crippen LogP contribution in [0, 0.1) is 11.3 Å². The first-order valence-electron chi connectivity index (χ1n) is 6.15. The van der Waals surface area contributed by atoms with Crippen molar-refractivity contribution in [1.82, 2.24) is 14.5 Å². The second-order valence-corrected chi connectivity index (χ2v) is 4.33. The van der Waals surface area contributed by atoms with Crippen molar-refractivity contribution in [2.45, 2.75) is 0 Å². The maximum atomic E-state index is 11.5. The molecule has 1 aromatic carbocycles. The summed E-state index contributed by atoms with van der Waals surface area (Å²) in [5.74, 6) is -0.447. The fourth-order valence-electron chi connectivity index (χ4n) is 2.02. The second-order valence-electron chi connectivity index (χ2n) is 4.33. The molecule has 6 heteroatoms. The van der Waals surface area contributed by atoms with Crippen LogP contribution >= 0.6 is 0 Å². The molecule has 0 aliphatic rings. The predicted octanol–water partition coefficient (Wildman–Crippen LogP) is 2.08. The van der Waals surface area contributed by atoms with E-state index in [0.717, 1.165) is 5.69 Å². The molecule has 2 heterocycles. The molecule has 0 radical (unpaired) electrons. The largest absolute Gasteiger partial charge is 0.465 e. The number of hydrogen-bond acceptors (Lipinski definition) is 5. The third kappa shape index (κ3) is 2.21. The molecule has 0 saturated carbocycles. The number of methoxy groups -OCH3 is 1. The van der Waals surface area contributed by atoms with Gasteiger partial charge in [-0.25, -0.2) is 14.8 Å². The Morgan fingerprint density at radius 2 is 2.05 bits per heavy atom. The summed E-state index contributed by atoms with van der Waals surface area (Å²) in [5, 5.41) is 8.81. The Kier molecular flexibility index (Phi) is 3.09. The summed E-state index contributed by atoms with van der Waals surface area (Å²) < 4.78 is 6.45. The van der Waals surface area contributed by atoms with E-state index in [1.807, 2.05) is 12.1 Å². The molecule has 102 valence electrons. The third-order valence-electron chi connectivity index (χ3n) is 3.08. The highest BCUT2D eigenvalue weighted by molar-refractivity contribution is 5.92. The van der Waals surface area contributed by atoms with E-state index in [4.69, 9.17) is 5.26 Å². The SMILES string of the molecule is COC(=O)c1cnc2c(c1)ncn2-c1ccc(C#N)cc1. The normalized spacial score (nSPS) is 10.3. The smallest absolute Gasteiger partial charge is 0.339 e. The van der Waals surface area contributed by atoms with Crippen LogP contribution in [-0.2, 0) is 4.74 Å². The lowest BCUT2D eigenvalue weighted by Crippen LogP contribution is -2.02. The number of aromatic nitrogens is 3. The maximum Gasteiger partial charge on any atom is 0.339 e. The van der Waals surface area contributed by atoms with Gasteiger partial charge in [-0.2, -0.15) is 5.26 Å². The number of rotatable bonds is 2. The van der Waals surface area contributed by atoms with Gasteiger partial charge in [-0.15, -0.1) is 0 Å². The number of benzene rings is 1. The number of esters is 1. The molecule has 3 aromatic rings. The van der Waals surface area contributed by atoms with Crippen molar-refractivity contribution in [2.24, 2.45) is 0 Å². The summed E-state index contributed by atoms with van der Waals surface area (Å²) in [6, 6.07) is 10.8. The van der Waals surface area contributed by atoms with Crippen molar-refractivity contribution >= 4 is 17.1 Å². The minimum atomic E-state index is -0.447. The zero-order valence-electron chi connectivity index (χ0n) is 11.1. The summed E-state index contributed by atoms with van der Waals surface area (Å²) in [7, 11) is 1.32. The number of imidazole rings is 1. The quantitative estimate of drug-likeness (QED) is 0.670. The standard InChI is InChI=1S/C15H10N4O2/c1-21-15(20)11-6-13-14(17-8-11)19(9-18-13)12-4-2-10(7-16)3-5-12/h2-6,8-9H,1H3. The average molecular weight is 278 g/mol. The Morgan fingerprint density at radius 3 is 2.71 bits per heavy atom. The summed E-state index contributed by atoms with van der Waals surface area (Å²) >= 11 is 0. The van der Waals surface area contributed by atoms with Gasteiger partial charge in [0, 0.05) is 11.9 Å². The Labute approximate surface area is 120 Å². The molecule has 0 aliphatic carbocycles. The average Bonchev–Trinajstić information content (AvgIpc) is 2.97. The Bertz CT molecular complexity index is 860. The van der Waals surface area contributed by atoms with Crippen LogP contribution in [0.2, 0.25) is 0 Å². The summed E-state index contributed by atoms with van der Waals surface area (Å²) in [6.07, 6.45) is 3.08. The number of carbonyl (C=O) groups excluding carboxylic acids is 1. The van der Waals surface area contributed by atoms with Gasteiger partial charge in [0.2, 0.25) is 0 Å². The molecule has 0 atom stereocenters. The number of hydrogen-bond donors (Lipinski definition) is 0. The molecule has 3 rings (SSSR count). The lowest BCUT2D eigenvalue weighted by Gasteiger charge is -2.04. The van der Waals surface area contributed by atoms with Crippen LogP contribution in [0.3, 0.4) is 0 Å². The van der Waals surface area contributed by atoms with E-state index >= 15 is 0 Å². The first-order chi connectivity index (χ1) is 10.2. The lowest BCUT2D eigenvalue weighted by atomic mass is 10.2. The molecule has 6 nitrogen and oxygen atoms in total. The van der Waals surface area contributed by atoms with E-state index < -0.39 is 5.97 Å². The molecule has 21 heavy (non-hydrogen) atoms. The molecule has 2 aromatic heterocycles. The van der Waals surface area contributed by atoms with Gasteiger partial charge in [0.25, 0.3) is 0 Å². The van der Waals surface area contributed by atoms with Crippen LogP contribution in [0.4, 0.5) is 0 Å². The molecule has 0 fully saturated rings. The molecular weight excluding hydrogens is 268 g/mol. The number of fused-ring (bicyclic) bond motifs is 1. The fourth-order valence-corrected chi connectivity index (χ4v) is 2.02. The van der Waals surface area contributed by atoms with Crippen molar-refractivity contribution < 1.29 is 9.53 Å². The summed E-state index contributed by atoms with van der Waals surface area (Å²) in [5.41, 5.74) is 3.02. The molecular formula is C15H10N4O2. The number of pyridine rings is 1. The Balaban J connectivity index is 2.08. The van der Waals surface area contributed by atoms with Crippen LogP contribution < -0.4 is 0 Å². The minimum Gasteiger partial charge on any atom is -0.465 e. The first-order valence-corrected chi connectivity index (χ1v) is 6.15. The maximum absolute atomic E-state index is 11.5. The number of ether oxygens (including phenoxy) is 1. The van der Waals surface area contributed by atoms with E-state index in [1.165, 1.54) is 13.3 Å². The van der Waals surface area contributed by atoms with Crippen molar-refractivity contribution in [3.8, 4) is 11.8 Å². The Hall–Kier alpha value is -3.20. The topological polar surface area (TPSA) is 80.8 Å². The van der Waals surface area contributed by atoms with Crippen LogP contribution in [0.1, 0.15) is 15.9 Å². The molecule has 0 amide bonds. The number of nitrogens with zero attached hydrogens (tertiary/aromatic N) is 4.